The molecule has 1 aliphatic heterocycles. The third-order valence-electron chi connectivity index (χ3n) is 6.12. The Labute approximate surface area is 203 Å². The second kappa shape index (κ2) is 9.50. The van der Waals surface area contributed by atoms with Crippen molar-refractivity contribution in [2.24, 2.45) is 0 Å². The summed E-state index contributed by atoms with van der Waals surface area (Å²) < 4.78 is 17.3. The normalized spacial score (nSPS) is 14.7. The van der Waals surface area contributed by atoms with E-state index in [0.717, 1.165) is 17.0 Å². The van der Waals surface area contributed by atoms with E-state index in [-0.39, 0.29) is 23.6 Å². The fourth-order valence-electron chi connectivity index (χ4n) is 4.39. The molecule has 0 N–H and O–H groups in total. The predicted molar refractivity (Wildman–Crippen MR) is 129 cm³/mol. The summed E-state index contributed by atoms with van der Waals surface area (Å²) in [4.78, 5) is 40.0. The monoisotopic (exact) mass is 474 g/mol. The fraction of sp³-hybridized carbons (Fsp3) is 0.222. The lowest BCUT2D eigenvalue weighted by atomic mass is 10.0. The van der Waals surface area contributed by atoms with Gasteiger partial charge in [0.2, 0.25) is 0 Å². The molecule has 0 bridgehead atoms. The van der Waals surface area contributed by atoms with Crippen molar-refractivity contribution in [3.63, 3.8) is 0 Å². The number of carbonyl (C=O) groups excluding carboxylic acids is 3. The first-order chi connectivity index (χ1) is 16.8. The Morgan fingerprint density at radius 1 is 1.00 bits per heavy atom. The first-order valence-corrected chi connectivity index (χ1v) is 11.0. The zero-order chi connectivity index (χ0) is 25.3. The molecule has 0 radical (unpaired) electrons. The van der Waals surface area contributed by atoms with Crippen LogP contribution in [0.5, 0.6) is 0 Å². The summed E-state index contributed by atoms with van der Waals surface area (Å²) in [5.74, 6) is -0.757. The molecule has 1 aliphatic rings. The van der Waals surface area contributed by atoms with Gasteiger partial charge in [0, 0.05) is 17.1 Å². The summed E-state index contributed by atoms with van der Waals surface area (Å²) in [6, 6.07) is 12.6. The Morgan fingerprint density at radius 2 is 1.71 bits per heavy atom. The van der Waals surface area contributed by atoms with Gasteiger partial charge in [0.25, 0.3) is 5.91 Å². The first-order valence-electron chi connectivity index (χ1n) is 11.0. The molecule has 0 unspecified atom stereocenters. The van der Waals surface area contributed by atoms with Gasteiger partial charge < -0.3 is 23.4 Å². The van der Waals surface area contributed by atoms with Crippen molar-refractivity contribution in [2.75, 3.05) is 14.2 Å². The third kappa shape index (κ3) is 4.19. The van der Waals surface area contributed by atoms with Crippen molar-refractivity contribution >= 4 is 23.9 Å². The van der Waals surface area contributed by atoms with Crippen LogP contribution in [0.15, 0.2) is 70.0 Å². The summed E-state index contributed by atoms with van der Waals surface area (Å²) in [5, 5.41) is 0. The average Bonchev–Trinajstić information content (AvgIpc) is 3.53. The Balaban J connectivity index is 1.82. The predicted octanol–water partition coefficient (Wildman–Crippen LogP) is 4.35. The van der Waals surface area contributed by atoms with E-state index in [0.29, 0.717) is 22.7 Å². The lowest BCUT2D eigenvalue weighted by molar-refractivity contribution is -0.136. The second-order valence-corrected chi connectivity index (χ2v) is 8.15. The zero-order valence-corrected chi connectivity index (χ0v) is 20.2. The van der Waals surface area contributed by atoms with Gasteiger partial charge in [0.1, 0.15) is 5.76 Å². The van der Waals surface area contributed by atoms with E-state index in [9.17, 15) is 14.4 Å². The largest absolute Gasteiger partial charge is 0.467 e. The number of para-hydroxylation sites is 1. The van der Waals surface area contributed by atoms with E-state index in [2.05, 4.69) is 0 Å². The van der Waals surface area contributed by atoms with Gasteiger partial charge in [-0.2, -0.15) is 0 Å². The number of hydrogen-bond donors (Lipinski definition) is 0. The molecule has 1 aromatic carbocycles. The maximum absolute atomic E-state index is 13.4. The molecule has 180 valence electrons. The number of aromatic nitrogens is 1. The standard InChI is InChI=1S/C27H26N2O6/c1-16-13-19(17(2)29(16)23-11-7-6-10-21(23)26(31)33-4)14-22-24(27(32)34-5)18(3)28(25(22)30)15-20-9-8-12-35-20/h6-14H,15H2,1-5H3/b22-14-. The number of esters is 2. The van der Waals surface area contributed by atoms with Crippen molar-refractivity contribution in [1.82, 2.24) is 9.47 Å². The molecule has 2 aromatic heterocycles. The van der Waals surface area contributed by atoms with Crippen molar-refractivity contribution in [2.45, 2.75) is 27.3 Å². The SMILES string of the molecule is COC(=O)C1=C(C)N(Cc2ccco2)C(=O)/C1=C\c1cc(C)n(-c2ccccc2C(=O)OC)c1C. The molecule has 8 nitrogen and oxygen atoms in total. The van der Waals surface area contributed by atoms with Crippen molar-refractivity contribution in [3.05, 3.63) is 93.8 Å². The van der Waals surface area contributed by atoms with Gasteiger partial charge in [-0.05, 0) is 62.7 Å². The minimum Gasteiger partial charge on any atom is -0.467 e. The number of ether oxygens (including phenoxy) is 2. The number of amides is 1. The Morgan fingerprint density at radius 3 is 2.37 bits per heavy atom. The van der Waals surface area contributed by atoms with E-state index in [1.54, 1.807) is 37.3 Å². The summed E-state index contributed by atoms with van der Waals surface area (Å²) in [5.41, 5.74) is 4.41. The van der Waals surface area contributed by atoms with Crippen molar-refractivity contribution < 1.29 is 28.3 Å². The number of carbonyl (C=O) groups is 3. The number of allylic oxidation sites excluding steroid dienone is 1. The minimum absolute atomic E-state index is 0.195. The topological polar surface area (TPSA) is 91.0 Å². The Hall–Kier alpha value is -4.33. The molecule has 1 amide bonds. The number of nitrogens with zero attached hydrogens (tertiary/aromatic N) is 2. The molecule has 0 saturated heterocycles. The summed E-state index contributed by atoms with van der Waals surface area (Å²) in [6.07, 6.45) is 3.23. The van der Waals surface area contributed by atoms with Crippen LogP contribution in [0.3, 0.4) is 0 Å². The van der Waals surface area contributed by atoms with Crippen LogP contribution in [0.25, 0.3) is 11.8 Å². The van der Waals surface area contributed by atoms with Gasteiger partial charge >= 0.3 is 11.9 Å². The van der Waals surface area contributed by atoms with Crippen LogP contribution < -0.4 is 0 Å². The average molecular weight is 475 g/mol. The first kappa shape index (κ1) is 23.8. The van der Waals surface area contributed by atoms with Crippen molar-refractivity contribution in [1.29, 1.82) is 0 Å². The van der Waals surface area contributed by atoms with Gasteiger partial charge in [-0.3, -0.25) is 4.79 Å². The maximum Gasteiger partial charge on any atom is 0.340 e. The number of aryl methyl sites for hydroxylation is 1. The second-order valence-electron chi connectivity index (χ2n) is 8.15. The summed E-state index contributed by atoms with van der Waals surface area (Å²) >= 11 is 0. The molecule has 0 atom stereocenters. The smallest absolute Gasteiger partial charge is 0.340 e. The van der Waals surface area contributed by atoms with E-state index in [1.165, 1.54) is 25.4 Å². The highest BCUT2D eigenvalue weighted by molar-refractivity contribution is 6.16. The van der Waals surface area contributed by atoms with Gasteiger partial charge in [-0.25, -0.2) is 9.59 Å². The van der Waals surface area contributed by atoms with Crippen LogP contribution in [-0.4, -0.2) is 41.5 Å². The highest BCUT2D eigenvalue weighted by Gasteiger charge is 2.37. The zero-order valence-electron chi connectivity index (χ0n) is 20.2. The molecule has 0 spiro atoms. The van der Waals surface area contributed by atoms with Crippen LogP contribution in [0.1, 0.15) is 40.0 Å². The summed E-state index contributed by atoms with van der Waals surface area (Å²) in [6.45, 7) is 5.71. The Kier molecular flexibility index (Phi) is 6.46. The van der Waals surface area contributed by atoms with E-state index in [4.69, 9.17) is 13.9 Å². The van der Waals surface area contributed by atoms with Crippen LogP contribution in [0.2, 0.25) is 0 Å². The quantitative estimate of drug-likeness (QED) is 0.390. The molecule has 0 aliphatic carbocycles. The lowest BCUT2D eigenvalue weighted by Crippen LogP contribution is -2.24. The van der Waals surface area contributed by atoms with E-state index < -0.39 is 11.9 Å². The highest BCUT2D eigenvalue weighted by atomic mass is 16.5. The highest BCUT2D eigenvalue weighted by Crippen LogP contribution is 2.34. The van der Waals surface area contributed by atoms with Gasteiger partial charge in [0.15, 0.2) is 0 Å². The number of benzene rings is 1. The fourth-order valence-corrected chi connectivity index (χ4v) is 4.39. The van der Waals surface area contributed by atoms with Crippen LogP contribution in [0.4, 0.5) is 0 Å². The lowest BCUT2D eigenvalue weighted by Gasteiger charge is -2.16. The molecule has 3 aromatic rings. The maximum atomic E-state index is 13.4. The molecular formula is C27H26N2O6. The molecular weight excluding hydrogens is 448 g/mol. The van der Waals surface area contributed by atoms with Crippen LogP contribution in [-0.2, 0) is 25.6 Å². The summed E-state index contributed by atoms with van der Waals surface area (Å²) in [7, 11) is 2.63. The number of methoxy groups -OCH3 is 2. The molecule has 35 heavy (non-hydrogen) atoms. The minimum atomic E-state index is -0.589. The molecule has 3 heterocycles. The molecule has 8 heteroatoms. The van der Waals surface area contributed by atoms with Crippen molar-refractivity contribution in [3.8, 4) is 5.69 Å². The third-order valence-corrected chi connectivity index (χ3v) is 6.12. The van der Waals surface area contributed by atoms with Gasteiger partial charge in [-0.15, -0.1) is 0 Å². The van der Waals surface area contributed by atoms with Crippen LogP contribution >= 0.6 is 0 Å². The number of hydrogen-bond acceptors (Lipinski definition) is 6. The van der Waals surface area contributed by atoms with E-state index >= 15 is 0 Å². The van der Waals surface area contributed by atoms with Gasteiger partial charge in [0.05, 0.1) is 49.4 Å². The van der Waals surface area contributed by atoms with Gasteiger partial charge in [-0.1, -0.05) is 12.1 Å². The number of rotatable bonds is 6. The molecule has 4 rings (SSSR count). The number of furan rings is 1. The van der Waals surface area contributed by atoms with E-state index in [1.807, 2.05) is 36.6 Å². The Bertz CT molecular complexity index is 1370. The van der Waals surface area contributed by atoms with Crippen LogP contribution in [0, 0.1) is 13.8 Å². The molecule has 0 saturated carbocycles. The molecule has 0 fully saturated rings.